The number of benzene rings is 1. The van der Waals surface area contributed by atoms with Gasteiger partial charge in [0.05, 0.1) is 4.75 Å². The summed E-state index contributed by atoms with van der Waals surface area (Å²) >= 11 is 0. The lowest BCUT2D eigenvalue weighted by atomic mass is 9.86. The van der Waals surface area contributed by atoms with Crippen molar-refractivity contribution in [1.82, 2.24) is 4.72 Å². The molecule has 0 aliphatic heterocycles. The van der Waals surface area contributed by atoms with Crippen LogP contribution < -0.4 is 14.9 Å². The third-order valence-electron chi connectivity index (χ3n) is 4.93. The molecule has 0 heterocycles. The maximum atomic E-state index is 12.3. The number of hydrogen-bond donors (Lipinski definition) is 2. The lowest BCUT2D eigenvalue weighted by Crippen LogP contribution is -2.46. The van der Waals surface area contributed by atoms with Crippen LogP contribution in [0.2, 0.25) is 0 Å². The highest BCUT2D eigenvalue weighted by Crippen LogP contribution is 2.27. The lowest BCUT2D eigenvalue weighted by Gasteiger charge is -2.31. The third kappa shape index (κ3) is 5.61. The van der Waals surface area contributed by atoms with Gasteiger partial charge in [-0.1, -0.05) is 6.07 Å². The summed E-state index contributed by atoms with van der Waals surface area (Å²) in [5.74, 6) is 0.596. The monoisotopic (exact) mass is 367 g/mol. The molecule has 2 rings (SSSR count). The summed E-state index contributed by atoms with van der Waals surface area (Å²) in [7, 11) is 0.828. The van der Waals surface area contributed by atoms with E-state index in [4.69, 9.17) is 0 Å². The van der Waals surface area contributed by atoms with Crippen molar-refractivity contribution >= 4 is 21.4 Å². The summed E-state index contributed by atoms with van der Waals surface area (Å²) < 4.78 is 26.7. The highest BCUT2D eigenvalue weighted by molar-refractivity contribution is 7.90. The maximum Gasteiger partial charge on any atom is 0.216 e. The van der Waals surface area contributed by atoms with Gasteiger partial charge in [-0.2, -0.15) is 0 Å². The van der Waals surface area contributed by atoms with E-state index in [0.29, 0.717) is 5.92 Å². The van der Waals surface area contributed by atoms with Gasteiger partial charge < -0.3 is 10.2 Å². The Morgan fingerprint density at radius 1 is 1.12 bits per heavy atom. The Hall–Kier alpha value is -1.27. The molecule has 0 unspecified atom stereocenters. The highest BCUT2D eigenvalue weighted by atomic mass is 32.2. The fourth-order valence-corrected chi connectivity index (χ4v) is 4.06. The third-order valence-corrected chi connectivity index (χ3v) is 7.19. The summed E-state index contributed by atoms with van der Waals surface area (Å²) in [5, 5.41) is 3.53. The second-order valence-corrected chi connectivity index (χ2v) is 10.7. The topological polar surface area (TPSA) is 61.4 Å². The quantitative estimate of drug-likeness (QED) is 0.808. The van der Waals surface area contributed by atoms with Crippen molar-refractivity contribution in [2.75, 3.05) is 30.9 Å². The van der Waals surface area contributed by atoms with Gasteiger partial charge in [0.15, 0.2) is 0 Å². The minimum atomic E-state index is -3.25. The normalized spacial score (nSPS) is 21.8. The van der Waals surface area contributed by atoms with Gasteiger partial charge >= 0.3 is 0 Å². The molecule has 2 N–H and O–H groups in total. The van der Waals surface area contributed by atoms with Crippen LogP contribution in [-0.4, -0.2) is 39.8 Å². The van der Waals surface area contributed by atoms with Crippen LogP contribution in [0.3, 0.4) is 0 Å². The van der Waals surface area contributed by atoms with Crippen LogP contribution in [0.15, 0.2) is 24.3 Å². The number of anilines is 2. The van der Waals surface area contributed by atoms with Crippen LogP contribution in [0.1, 0.15) is 46.5 Å². The zero-order valence-corrected chi connectivity index (χ0v) is 17.0. The van der Waals surface area contributed by atoms with Gasteiger partial charge in [0.2, 0.25) is 10.0 Å². The fourth-order valence-electron chi connectivity index (χ4n) is 3.04. The summed E-state index contributed by atoms with van der Waals surface area (Å²) in [6.45, 7) is 6.17. The van der Waals surface area contributed by atoms with E-state index in [1.165, 1.54) is 5.69 Å². The number of rotatable bonds is 6. The van der Waals surface area contributed by atoms with Gasteiger partial charge in [0.1, 0.15) is 0 Å². The van der Waals surface area contributed by atoms with E-state index in [1.54, 1.807) is 20.8 Å². The Kier molecular flexibility index (Phi) is 6.38. The summed E-state index contributed by atoms with van der Waals surface area (Å²) in [4.78, 5) is 2.09. The first-order valence-electron chi connectivity index (χ1n) is 9.11. The lowest BCUT2D eigenvalue weighted by molar-refractivity contribution is 0.322. The highest BCUT2D eigenvalue weighted by Gasteiger charge is 2.32. The Morgan fingerprint density at radius 3 is 2.32 bits per heavy atom. The van der Waals surface area contributed by atoms with Crippen molar-refractivity contribution < 1.29 is 8.42 Å². The second kappa shape index (κ2) is 7.96. The average molecular weight is 368 g/mol. The molecule has 0 bridgehead atoms. The van der Waals surface area contributed by atoms with E-state index < -0.39 is 14.8 Å². The van der Waals surface area contributed by atoms with E-state index >= 15 is 0 Å². The van der Waals surface area contributed by atoms with Gasteiger partial charge in [-0.3, -0.25) is 0 Å². The number of sulfonamides is 1. The van der Waals surface area contributed by atoms with Crippen molar-refractivity contribution in [3.8, 4) is 0 Å². The summed E-state index contributed by atoms with van der Waals surface area (Å²) in [6.07, 6.45) is 3.94. The molecule has 6 heteroatoms. The van der Waals surface area contributed by atoms with Crippen molar-refractivity contribution in [2.24, 2.45) is 5.92 Å². The van der Waals surface area contributed by atoms with Crippen LogP contribution in [0.4, 0.5) is 11.4 Å². The molecule has 25 heavy (non-hydrogen) atoms. The zero-order chi connectivity index (χ0) is 18.7. The van der Waals surface area contributed by atoms with Crippen molar-refractivity contribution in [3.05, 3.63) is 24.3 Å². The molecule has 1 fully saturated rings. The van der Waals surface area contributed by atoms with Crippen LogP contribution in [0.25, 0.3) is 0 Å². The van der Waals surface area contributed by atoms with E-state index in [1.807, 2.05) is 14.1 Å². The largest absolute Gasteiger partial charge is 0.385 e. The van der Waals surface area contributed by atoms with E-state index in [2.05, 4.69) is 39.2 Å². The molecule has 1 saturated carbocycles. The predicted molar refractivity (Wildman–Crippen MR) is 107 cm³/mol. The Labute approximate surface area is 153 Å². The van der Waals surface area contributed by atoms with Crippen LogP contribution in [0, 0.1) is 5.92 Å². The van der Waals surface area contributed by atoms with Crippen molar-refractivity contribution in [3.63, 3.8) is 0 Å². The van der Waals surface area contributed by atoms with Gasteiger partial charge in [-0.05, 0) is 70.6 Å². The molecule has 142 valence electrons. The first-order chi connectivity index (χ1) is 11.6. The Balaban J connectivity index is 1.80. The summed E-state index contributed by atoms with van der Waals surface area (Å²) in [6, 6.07) is 8.49. The molecule has 0 spiro atoms. The standard InChI is InChI=1S/C19H33N3O2S/c1-19(2,3)25(23,24)21-16-11-9-15(10-12-16)14-20-17-7-6-8-18(13-17)22(4)5/h6-8,13,15-16,20-21H,9-12,14H2,1-5H3/t15-,16-. The van der Waals surface area contributed by atoms with E-state index in [9.17, 15) is 8.42 Å². The molecule has 5 nitrogen and oxygen atoms in total. The SMILES string of the molecule is CN(C)c1cccc(NC[C@H]2CC[C@H](NS(=O)(=O)C(C)(C)C)CC2)c1. The fraction of sp³-hybridized carbons (Fsp3) is 0.684. The predicted octanol–water partition coefficient (Wildman–Crippen LogP) is 3.44. The molecule has 0 atom stereocenters. The zero-order valence-electron chi connectivity index (χ0n) is 16.2. The molecule has 1 aliphatic carbocycles. The van der Waals surface area contributed by atoms with Crippen LogP contribution in [0.5, 0.6) is 0 Å². The molecule has 0 amide bonds. The average Bonchev–Trinajstić information content (AvgIpc) is 2.53. The number of nitrogens with zero attached hydrogens (tertiary/aromatic N) is 1. The van der Waals surface area contributed by atoms with Gasteiger partial charge in [-0.25, -0.2) is 13.1 Å². The summed E-state index contributed by atoms with van der Waals surface area (Å²) in [5.41, 5.74) is 2.33. The Morgan fingerprint density at radius 2 is 1.76 bits per heavy atom. The molecular weight excluding hydrogens is 334 g/mol. The van der Waals surface area contributed by atoms with Crippen LogP contribution >= 0.6 is 0 Å². The van der Waals surface area contributed by atoms with Gasteiger partial charge in [-0.15, -0.1) is 0 Å². The minimum Gasteiger partial charge on any atom is -0.385 e. The molecule has 1 aromatic rings. The van der Waals surface area contributed by atoms with Gasteiger partial charge in [0.25, 0.3) is 0 Å². The Bertz CT molecular complexity index is 657. The molecular formula is C19H33N3O2S. The molecule has 0 aromatic heterocycles. The first kappa shape index (κ1) is 20.0. The first-order valence-corrected chi connectivity index (χ1v) is 10.6. The maximum absolute atomic E-state index is 12.3. The van der Waals surface area contributed by atoms with Crippen molar-refractivity contribution in [2.45, 2.75) is 57.2 Å². The van der Waals surface area contributed by atoms with Crippen molar-refractivity contribution in [1.29, 1.82) is 0 Å². The second-order valence-electron chi connectivity index (χ2n) is 8.28. The molecule has 0 saturated heterocycles. The van der Waals surface area contributed by atoms with Gasteiger partial charge in [0, 0.05) is 38.1 Å². The van der Waals surface area contributed by atoms with E-state index in [0.717, 1.165) is 37.9 Å². The molecule has 0 radical (unpaired) electrons. The molecule has 1 aliphatic rings. The smallest absolute Gasteiger partial charge is 0.216 e. The number of hydrogen-bond acceptors (Lipinski definition) is 4. The minimum absolute atomic E-state index is 0.0811. The molecule has 1 aromatic carbocycles. The van der Waals surface area contributed by atoms with Crippen LogP contribution in [-0.2, 0) is 10.0 Å². The van der Waals surface area contributed by atoms with E-state index in [-0.39, 0.29) is 6.04 Å². The number of nitrogens with one attached hydrogen (secondary N) is 2.